The van der Waals surface area contributed by atoms with E-state index in [1.807, 2.05) is 0 Å². The number of aliphatic carboxylic acids is 1. The minimum atomic E-state index is -4.55. The van der Waals surface area contributed by atoms with Crippen LogP contribution in [0.2, 0.25) is 5.02 Å². The molecule has 2 rings (SSSR count). The zero-order chi connectivity index (χ0) is 15.8. The fourth-order valence-electron chi connectivity index (χ4n) is 1.65. The van der Waals surface area contributed by atoms with Gasteiger partial charge in [-0.15, -0.1) is 0 Å². The molecule has 2 N–H and O–H groups in total. The molecular weight excluding hydrogens is 315 g/mol. The van der Waals surface area contributed by atoms with E-state index in [0.29, 0.717) is 6.20 Å². The molecule has 0 aromatic carbocycles. The molecule has 0 radical (unpaired) electrons. The van der Waals surface area contributed by atoms with Crippen LogP contribution in [0.1, 0.15) is 12.5 Å². The molecule has 0 unspecified atom stereocenters. The molecule has 21 heavy (non-hydrogen) atoms. The highest BCUT2D eigenvalue weighted by molar-refractivity contribution is 6.36. The Labute approximate surface area is 121 Å². The molecule has 1 aliphatic heterocycles. The van der Waals surface area contributed by atoms with Gasteiger partial charge in [-0.2, -0.15) is 13.2 Å². The summed E-state index contributed by atoms with van der Waals surface area (Å²) in [5, 5.41) is 14.6. The highest BCUT2D eigenvalue weighted by atomic mass is 35.5. The largest absolute Gasteiger partial charge is 0.477 e. The van der Waals surface area contributed by atoms with Crippen molar-refractivity contribution in [1.29, 1.82) is 0 Å². The van der Waals surface area contributed by atoms with E-state index < -0.39 is 29.9 Å². The van der Waals surface area contributed by atoms with E-state index in [4.69, 9.17) is 21.5 Å². The average Bonchev–Trinajstić information content (AvgIpc) is 2.72. The van der Waals surface area contributed by atoms with E-state index in [2.05, 4.69) is 15.5 Å². The fourth-order valence-corrected chi connectivity index (χ4v) is 1.87. The Kier molecular flexibility index (Phi) is 3.95. The minimum absolute atomic E-state index is 0.0524. The van der Waals surface area contributed by atoms with Crippen LogP contribution in [0.5, 0.6) is 0 Å². The Morgan fingerprint density at radius 2 is 2.19 bits per heavy atom. The van der Waals surface area contributed by atoms with Crippen LogP contribution in [0.25, 0.3) is 0 Å². The second kappa shape index (κ2) is 5.40. The molecule has 6 nitrogen and oxygen atoms in total. The summed E-state index contributed by atoms with van der Waals surface area (Å²) in [6.07, 6.45) is -4.81. The first-order valence-electron chi connectivity index (χ1n) is 5.66. The quantitative estimate of drug-likeness (QED) is 0.893. The number of rotatable bonds is 3. The molecule has 10 heteroatoms. The van der Waals surface area contributed by atoms with Gasteiger partial charge in [0.1, 0.15) is 5.82 Å². The summed E-state index contributed by atoms with van der Waals surface area (Å²) >= 11 is 5.73. The SMILES string of the molecule is C[C@@H]1C(C(=O)O)=NO[C@@H]1Nc1ncc(C(F)(F)F)cc1Cl. The number of nitrogens with one attached hydrogen (secondary N) is 1. The number of hydrogen-bond donors (Lipinski definition) is 2. The summed E-state index contributed by atoms with van der Waals surface area (Å²) in [6.45, 7) is 1.54. The summed E-state index contributed by atoms with van der Waals surface area (Å²) in [5.74, 6) is -1.91. The van der Waals surface area contributed by atoms with Gasteiger partial charge in [-0.05, 0) is 6.07 Å². The predicted molar refractivity (Wildman–Crippen MR) is 67.0 cm³/mol. The number of oxime groups is 1. The van der Waals surface area contributed by atoms with Crippen molar-refractivity contribution >= 4 is 29.1 Å². The third kappa shape index (κ3) is 3.18. The number of aromatic nitrogens is 1. The van der Waals surface area contributed by atoms with Gasteiger partial charge in [0.15, 0.2) is 5.71 Å². The fraction of sp³-hybridized carbons (Fsp3) is 0.364. The van der Waals surface area contributed by atoms with Crippen LogP contribution in [0.15, 0.2) is 17.4 Å². The summed E-state index contributed by atoms with van der Waals surface area (Å²) in [7, 11) is 0. The van der Waals surface area contributed by atoms with Crippen molar-refractivity contribution in [2.45, 2.75) is 19.3 Å². The second-order valence-corrected chi connectivity index (χ2v) is 4.70. The van der Waals surface area contributed by atoms with Gasteiger partial charge in [0.25, 0.3) is 0 Å². The topological polar surface area (TPSA) is 83.8 Å². The maximum atomic E-state index is 12.5. The van der Waals surface area contributed by atoms with Crippen molar-refractivity contribution < 1.29 is 27.9 Å². The van der Waals surface area contributed by atoms with E-state index in [1.165, 1.54) is 6.92 Å². The minimum Gasteiger partial charge on any atom is -0.477 e. The van der Waals surface area contributed by atoms with Gasteiger partial charge >= 0.3 is 12.1 Å². The average molecular weight is 324 g/mol. The first-order valence-corrected chi connectivity index (χ1v) is 6.04. The summed E-state index contributed by atoms with van der Waals surface area (Å²) in [5.41, 5.74) is -1.18. The zero-order valence-corrected chi connectivity index (χ0v) is 11.2. The predicted octanol–water partition coefficient (Wildman–Crippen LogP) is 2.60. The van der Waals surface area contributed by atoms with Crippen molar-refractivity contribution in [1.82, 2.24) is 4.98 Å². The van der Waals surface area contributed by atoms with Crippen LogP contribution in [0.4, 0.5) is 19.0 Å². The summed E-state index contributed by atoms with van der Waals surface area (Å²) in [4.78, 5) is 19.3. The van der Waals surface area contributed by atoms with Crippen molar-refractivity contribution in [3.63, 3.8) is 0 Å². The van der Waals surface area contributed by atoms with Crippen LogP contribution >= 0.6 is 11.6 Å². The van der Waals surface area contributed by atoms with E-state index in [9.17, 15) is 18.0 Å². The van der Waals surface area contributed by atoms with Crippen LogP contribution in [0.3, 0.4) is 0 Å². The smallest absolute Gasteiger partial charge is 0.417 e. The molecule has 1 aromatic heterocycles. The third-order valence-corrected chi connectivity index (χ3v) is 3.10. The number of alkyl halides is 3. The van der Waals surface area contributed by atoms with E-state index in [0.717, 1.165) is 6.07 Å². The van der Waals surface area contributed by atoms with Crippen LogP contribution in [-0.2, 0) is 15.8 Å². The molecule has 0 amide bonds. The first kappa shape index (κ1) is 15.4. The van der Waals surface area contributed by atoms with Gasteiger partial charge in [0.05, 0.1) is 16.5 Å². The zero-order valence-electron chi connectivity index (χ0n) is 10.5. The molecule has 0 bridgehead atoms. The molecule has 1 aromatic rings. The third-order valence-electron chi connectivity index (χ3n) is 2.82. The lowest BCUT2D eigenvalue weighted by Gasteiger charge is -2.17. The standard InChI is InChI=1S/C11H9ClF3N3O3/c1-4-7(10(19)20)18-21-9(4)17-8-6(12)2-5(3-16-8)11(13,14)15/h2-4,9H,1H3,(H,16,17)(H,19,20)/t4-,9+/m1/s1. The van der Waals surface area contributed by atoms with Crippen molar-refractivity contribution in [2.75, 3.05) is 5.32 Å². The Morgan fingerprint density at radius 3 is 2.67 bits per heavy atom. The molecule has 0 aliphatic carbocycles. The Balaban J connectivity index is 2.14. The molecular formula is C11H9ClF3N3O3. The molecule has 1 aliphatic rings. The Bertz CT molecular complexity index is 606. The van der Waals surface area contributed by atoms with E-state index in [1.54, 1.807) is 0 Å². The van der Waals surface area contributed by atoms with Crippen LogP contribution < -0.4 is 5.32 Å². The van der Waals surface area contributed by atoms with Crippen molar-refractivity contribution in [3.05, 3.63) is 22.8 Å². The molecule has 0 saturated heterocycles. The number of hydrogen-bond acceptors (Lipinski definition) is 5. The number of carboxylic acid groups (broad SMARTS) is 1. The lowest BCUT2D eigenvalue weighted by atomic mass is 10.1. The first-order chi connectivity index (χ1) is 9.70. The highest BCUT2D eigenvalue weighted by Gasteiger charge is 2.36. The lowest BCUT2D eigenvalue weighted by Crippen LogP contribution is -2.31. The second-order valence-electron chi connectivity index (χ2n) is 4.29. The molecule has 114 valence electrons. The number of anilines is 1. The number of halogens is 4. The highest BCUT2D eigenvalue weighted by Crippen LogP contribution is 2.33. The molecule has 0 saturated carbocycles. The lowest BCUT2D eigenvalue weighted by molar-refractivity contribution is -0.137. The number of pyridine rings is 1. The summed E-state index contributed by atoms with van der Waals surface area (Å²) < 4.78 is 37.4. The molecule has 2 atom stereocenters. The van der Waals surface area contributed by atoms with Crippen molar-refractivity contribution in [2.24, 2.45) is 11.1 Å². The monoisotopic (exact) mass is 323 g/mol. The molecule has 0 fully saturated rings. The maximum Gasteiger partial charge on any atom is 0.417 e. The number of carbonyl (C=O) groups is 1. The van der Waals surface area contributed by atoms with Crippen LogP contribution in [0, 0.1) is 5.92 Å². The molecule has 2 heterocycles. The Hall–Kier alpha value is -2.03. The Morgan fingerprint density at radius 1 is 1.52 bits per heavy atom. The summed E-state index contributed by atoms with van der Waals surface area (Å²) in [6, 6.07) is 0.718. The van der Waals surface area contributed by atoms with Crippen molar-refractivity contribution in [3.8, 4) is 0 Å². The number of nitrogens with zero attached hydrogens (tertiary/aromatic N) is 2. The van der Waals surface area contributed by atoms with Gasteiger partial charge < -0.3 is 15.3 Å². The normalized spacial score (nSPS) is 21.7. The van der Waals surface area contributed by atoms with Gasteiger partial charge in [0, 0.05) is 6.20 Å². The molecule has 0 spiro atoms. The maximum absolute atomic E-state index is 12.5. The van der Waals surface area contributed by atoms with E-state index in [-0.39, 0.29) is 16.6 Å². The number of carboxylic acids is 1. The van der Waals surface area contributed by atoms with Gasteiger partial charge in [-0.25, -0.2) is 9.78 Å². The van der Waals surface area contributed by atoms with Gasteiger partial charge in [-0.1, -0.05) is 23.7 Å². The van der Waals surface area contributed by atoms with Crippen LogP contribution in [-0.4, -0.2) is 28.0 Å². The van der Waals surface area contributed by atoms with E-state index >= 15 is 0 Å². The van der Waals surface area contributed by atoms with Gasteiger partial charge in [-0.3, -0.25) is 0 Å². The van der Waals surface area contributed by atoms with Gasteiger partial charge in [0.2, 0.25) is 6.23 Å².